The van der Waals surface area contributed by atoms with E-state index in [2.05, 4.69) is 5.32 Å². The zero-order valence-corrected chi connectivity index (χ0v) is 18.7. The Bertz CT molecular complexity index is 867. The average Bonchev–Trinajstić information content (AvgIpc) is 2.61. The number of urea groups is 1. The van der Waals surface area contributed by atoms with Crippen LogP contribution in [-0.2, 0) is 10.2 Å². The van der Waals surface area contributed by atoms with Crippen LogP contribution in [0.4, 0.5) is 28.0 Å². The Balaban J connectivity index is 2.11. The Labute approximate surface area is 180 Å². The highest BCUT2D eigenvalue weighted by Gasteiger charge is 2.35. The van der Waals surface area contributed by atoms with Crippen molar-refractivity contribution in [1.29, 1.82) is 0 Å². The molecule has 2 amide bonds. The molecule has 1 aliphatic heterocycles. The smallest absolute Gasteiger partial charge is 0.307 e. The molecule has 1 fully saturated rings. The molecule has 31 heavy (non-hydrogen) atoms. The van der Waals surface area contributed by atoms with Crippen LogP contribution in [0, 0.1) is 5.82 Å². The Morgan fingerprint density at radius 2 is 1.52 bits per heavy atom. The molecule has 176 valence electrons. The van der Waals surface area contributed by atoms with Crippen LogP contribution < -0.4 is 10.0 Å². The molecule has 1 aliphatic rings. The second kappa shape index (κ2) is 9.70. The van der Waals surface area contributed by atoms with E-state index in [9.17, 15) is 30.8 Å². The summed E-state index contributed by atoms with van der Waals surface area (Å²) < 4.78 is 79.4. The molecule has 0 aromatic heterocycles. The molecule has 1 saturated heterocycles. The van der Waals surface area contributed by atoms with Crippen molar-refractivity contribution in [2.75, 3.05) is 38.0 Å². The summed E-state index contributed by atoms with van der Waals surface area (Å²) in [5.41, 5.74) is 1.39. The number of nitrogens with one attached hydrogen (secondary N) is 2. The Morgan fingerprint density at radius 3 is 1.94 bits per heavy atom. The highest BCUT2D eigenvalue weighted by Crippen LogP contribution is 2.33. The lowest BCUT2D eigenvalue weighted by Gasteiger charge is -2.34. The number of anilines is 1. The van der Waals surface area contributed by atoms with E-state index in [0.29, 0.717) is 16.8 Å². The molecule has 1 heterocycles. The van der Waals surface area contributed by atoms with Crippen LogP contribution in [-0.4, -0.2) is 62.6 Å². The first kappa shape index (κ1) is 25.3. The number of rotatable bonds is 6. The van der Waals surface area contributed by atoms with Gasteiger partial charge in [-0.3, -0.25) is 4.90 Å². The quantitative estimate of drug-likeness (QED) is 0.625. The van der Waals surface area contributed by atoms with Gasteiger partial charge >= 0.3 is 22.4 Å². The highest BCUT2D eigenvalue weighted by molar-refractivity contribution is 7.87. The fourth-order valence-corrected chi connectivity index (χ4v) is 4.47. The Morgan fingerprint density at radius 1 is 1.03 bits per heavy atom. The number of hydrogen-bond acceptors (Lipinski definition) is 4. The number of nitrogens with zero attached hydrogens (tertiary/aromatic N) is 2. The predicted molar refractivity (Wildman–Crippen MR) is 110 cm³/mol. The number of carbonyl (C=O) groups excluding carboxylic acids is 1. The number of hydrogen-bond donors (Lipinski definition) is 2. The fraction of sp³-hybridized carbons (Fsp3) is 0.632. The molecule has 0 unspecified atom stereocenters. The average molecular weight is 469 g/mol. The van der Waals surface area contributed by atoms with E-state index in [-0.39, 0.29) is 38.0 Å². The van der Waals surface area contributed by atoms with E-state index in [1.54, 1.807) is 0 Å². The molecule has 0 aliphatic carbocycles. The van der Waals surface area contributed by atoms with Crippen LogP contribution in [0.3, 0.4) is 0 Å². The molecule has 1 aromatic rings. The van der Waals surface area contributed by atoms with Gasteiger partial charge in [0.15, 0.2) is 0 Å². The minimum Gasteiger partial charge on any atom is -0.307 e. The SMILES string of the molecule is CC(C)c1cc(F)cc(C(C)C)c1NC(=O)NS(=O)(=O)N1CCN(CC(F)(F)F)CC1. The second-order valence-electron chi connectivity index (χ2n) is 8.12. The van der Waals surface area contributed by atoms with Crippen LogP contribution in [0.1, 0.15) is 50.7 Å². The van der Waals surface area contributed by atoms with E-state index < -0.39 is 34.8 Å². The number of alkyl halides is 3. The Hall–Kier alpha value is -1.92. The molecule has 0 spiro atoms. The summed E-state index contributed by atoms with van der Waals surface area (Å²) >= 11 is 0. The van der Waals surface area contributed by atoms with E-state index in [1.807, 2.05) is 32.4 Å². The minimum absolute atomic E-state index is 0.102. The van der Waals surface area contributed by atoms with Gasteiger partial charge in [-0.05, 0) is 35.1 Å². The maximum absolute atomic E-state index is 14.0. The number of piperazine rings is 1. The van der Waals surface area contributed by atoms with E-state index in [4.69, 9.17) is 0 Å². The van der Waals surface area contributed by atoms with Gasteiger partial charge in [-0.1, -0.05) is 27.7 Å². The first-order chi connectivity index (χ1) is 14.2. The van der Waals surface area contributed by atoms with Crippen molar-refractivity contribution >= 4 is 21.9 Å². The molecule has 1 aromatic carbocycles. The van der Waals surface area contributed by atoms with Crippen molar-refractivity contribution in [3.05, 3.63) is 29.1 Å². The second-order valence-corrected chi connectivity index (χ2v) is 9.79. The van der Waals surface area contributed by atoms with Crippen molar-refractivity contribution < 1.29 is 30.8 Å². The highest BCUT2D eigenvalue weighted by atomic mass is 32.2. The fourth-order valence-electron chi connectivity index (χ4n) is 3.41. The number of amides is 2. The number of carbonyl (C=O) groups is 1. The summed E-state index contributed by atoms with van der Waals surface area (Å²) in [6.07, 6.45) is -4.36. The third-order valence-electron chi connectivity index (χ3n) is 4.94. The van der Waals surface area contributed by atoms with Crippen molar-refractivity contribution in [2.24, 2.45) is 0 Å². The maximum atomic E-state index is 14.0. The summed E-state index contributed by atoms with van der Waals surface area (Å²) in [7, 11) is -4.25. The van der Waals surface area contributed by atoms with E-state index in [1.165, 1.54) is 12.1 Å². The van der Waals surface area contributed by atoms with Crippen molar-refractivity contribution in [1.82, 2.24) is 13.9 Å². The largest absolute Gasteiger partial charge is 0.401 e. The standard InChI is InChI=1S/C19H28F4N4O3S/c1-12(2)15-9-14(20)10-16(13(3)4)17(15)24-18(28)25-31(29,30)27-7-5-26(6-8-27)11-19(21,22)23/h9-10,12-13H,5-8,11H2,1-4H3,(H2,24,25,28). The lowest BCUT2D eigenvalue weighted by molar-refractivity contribution is -0.148. The zero-order valence-electron chi connectivity index (χ0n) is 17.9. The van der Waals surface area contributed by atoms with Gasteiger partial charge in [-0.2, -0.15) is 25.9 Å². The molecule has 7 nitrogen and oxygen atoms in total. The molecule has 2 rings (SSSR count). The topological polar surface area (TPSA) is 81.8 Å². The third kappa shape index (κ3) is 7.04. The molecule has 0 saturated carbocycles. The minimum atomic E-state index is -4.36. The van der Waals surface area contributed by atoms with Crippen LogP contribution >= 0.6 is 0 Å². The van der Waals surface area contributed by atoms with Crippen molar-refractivity contribution in [2.45, 2.75) is 45.7 Å². The molecule has 0 atom stereocenters. The van der Waals surface area contributed by atoms with Gasteiger partial charge in [0, 0.05) is 31.9 Å². The molecular formula is C19H28F4N4O3S. The number of benzene rings is 1. The van der Waals surface area contributed by atoms with Crippen molar-refractivity contribution in [3.63, 3.8) is 0 Å². The van der Waals surface area contributed by atoms with E-state index >= 15 is 0 Å². The summed E-state index contributed by atoms with van der Waals surface area (Å²) in [5, 5.41) is 2.52. The third-order valence-corrected chi connectivity index (χ3v) is 6.43. The lowest BCUT2D eigenvalue weighted by Crippen LogP contribution is -2.54. The van der Waals surface area contributed by atoms with Gasteiger partial charge in [-0.15, -0.1) is 0 Å². The molecule has 12 heteroatoms. The van der Waals surface area contributed by atoms with Gasteiger partial charge in [0.25, 0.3) is 0 Å². The van der Waals surface area contributed by atoms with Gasteiger partial charge in [-0.25, -0.2) is 13.9 Å². The summed E-state index contributed by atoms with van der Waals surface area (Å²) in [4.78, 5) is 13.6. The number of halogens is 4. The first-order valence-electron chi connectivity index (χ1n) is 9.91. The van der Waals surface area contributed by atoms with Crippen LogP contribution in [0.2, 0.25) is 0 Å². The predicted octanol–water partition coefficient (Wildman–Crippen LogP) is 3.62. The summed E-state index contributed by atoms with van der Waals surface area (Å²) in [6.45, 7) is 5.60. The van der Waals surface area contributed by atoms with Gasteiger partial charge in [0.05, 0.1) is 6.54 Å². The molecule has 0 radical (unpaired) electrons. The maximum Gasteiger partial charge on any atom is 0.401 e. The normalized spacial score (nSPS) is 16.7. The molecule has 0 bridgehead atoms. The van der Waals surface area contributed by atoms with Crippen LogP contribution in [0.25, 0.3) is 0 Å². The molecule has 2 N–H and O–H groups in total. The van der Waals surface area contributed by atoms with Crippen molar-refractivity contribution in [3.8, 4) is 0 Å². The van der Waals surface area contributed by atoms with Crippen LogP contribution in [0.5, 0.6) is 0 Å². The Kier molecular flexibility index (Phi) is 7.93. The monoisotopic (exact) mass is 468 g/mol. The van der Waals surface area contributed by atoms with Gasteiger partial charge in [0.1, 0.15) is 5.82 Å². The lowest BCUT2D eigenvalue weighted by atomic mass is 9.92. The van der Waals surface area contributed by atoms with Gasteiger partial charge < -0.3 is 5.32 Å². The zero-order chi connectivity index (χ0) is 23.6. The molecular weight excluding hydrogens is 440 g/mol. The summed E-state index contributed by atoms with van der Waals surface area (Å²) in [5.74, 6) is -0.730. The van der Waals surface area contributed by atoms with Crippen LogP contribution in [0.15, 0.2) is 12.1 Å². The van der Waals surface area contributed by atoms with Gasteiger partial charge in [0.2, 0.25) is 0 Å². The van der Waals surface area contributed by atoms with E-state index in [0.717, 1.165) is 9.21 Å². The summed E-state index contributed by atoms with van der Waals surface area (Å²) in [6, 6.07) is 1.56. The first-order valence-corrected chi connectivity index (χ1v) is 11.3.